The minimum atomic E-state index is -4.42. The van der Waals surface area contributed by atoms with E-state index in [1.807, 2.05) is 0 Å². The lowest BCUT2D eigenvalue weighted by atomic mass is 10.3. The zero-order chi connectivity index (χ0) is 21.5. The number of aliphatic imine (C=N–C) groups is 1. The molecule has 1 atom stereocenters. The average Bonchev–Trinajstić information content (AvgIpc) is 3.05. The number of anilines is 1. The third-order valence-corrected chi connectivity index (χ3v) is 4.28. The van der Waals surface area contributed by atoms with Crippen LogP contribution in [0.3, 0.4) is 0 Å². The molecule has 1 saturated heterocycles. The first-order valence-electron chi connectivity index (χ1n) is 9.10. The summed E-state index contributed by atoms with van der Waals surface area (Å²) in [5.74, 6) is 0.840. The van der Waals surface area contributed by atoms with Gasteiger partial charge in [0.25, 0.3) is 0 Å². The van der Waals surface area contributed by atoms with Gasteiger partial charge in [-0.25, -0.2) is 4.98 Å². The van der Waals surface area contributed by atoms with Gasteiger partial charge in [0.2, 0.25) is 0 Å². The number of nitrogens with zero attached hydrogens (tertiary/aromatic N) is 3. The van der Waals surface area contributed by atoms with Gasteiger partial charge in [0, 0.05) is 45.5 Å². The molecule has 1 unspecified atom stereocenters. The predicted molar refractivity (Wildman–Crippen MR) is 97.7 cm³/mol. The van der Waals surface area contributed by atoms with E-state index in [0.29, 0.717) is 50.8 Å². The van der Waals surface area contributed by atoms with Gasteiger partial charge in [0.1, 0.15) is 5.82 Å². The highest BCUT2D eigenvalue weighted by Gasteiger charge is 2.34. The number of guanidine groups is 1. The highest BCUT2D eigenvalue weighted by Crippen LogP contribution is 2.28. The van der Waals surface area contributed by atoms with Gasteiger partial charge >= 0.3 is 12.4 Å². The molecule has 0 spiro atoms. The van der Waals surface area contributed by atoms with Crippen LogP contribution in [0.1, 0.15) is 18.4 Å². The van der Waals surface area contributed by atoms with Crippen molar-refractivity contribution in [3.63, 3.8) is 0 Å². The van der Waals surface area contributed by atoms with Crippen LogP contribution in [0.5, 0.6) is 0 Å². The third kappa shape index (κ3) is 8.34. The summed E-state index contributed by atoms with van der Waals surface area (Å²) in [6, 6.07) is 2.12. The van der Waals surface area contributed by atoms with E-state index in [1.165, 1.54) is 11.0 Å². The van der Waals surface area contributed by atoms with Crippen LogP contribution in [0.25, 0.3) is 0 Å². The van der Waals surface area contributed by atoms with Gasteiger partial charge < -0.3 is 16.0 Å². The van der Waals surface area contributed by atoms with Gasteiger partial charge in [0.15, 0.2) is 5.96 Å². The maximum absolute atomic E-state index is 12.5. The Hall–Kier alpha value is -2.24. The molecular formula is C17H24F6N6. The van der Waals surface area contributed by atoms with Crippen LogP contribution in [0, 0.1) is 0 Å². The number of hydrogen-bond acceptors (Lipinski definition) is 4. The number of alkyl halides is 6. The topological polar surface area (TPSA) is 64.6 Å². The maximum atomic E-state index is 12.5. The first-order chi connectivity index (χ1) is 13.6. The summed E-state index contributed by atoms with van der Waals surface area (Å²) in [6.45, 7) is 0.748. The molecule has 0 bridgehead atoms. The first kappa shape index (κ1) is 23.0. The summed E-state index contributed by atoms with van der Waals surface area (Å²) < 4.78 is 74.8. The first-order valence-corrected chi connectivity index (χ1v) is 9.10. The predicted octanol–water partition coefficient (Wildman–Crippen LogP) is 2.70. The Kier molecular flexibility index (Phi) is 7.94. The van der Waals surface area contributed by atoms with Crippen molar-refractivity contribution < 1.29 is 26.3 Å². The van der Waals surface area contributed by atoms with Crippen molar-refractivity contribution in [2.24, 2.45) is 4.99 Å². The van der Waals surface area contributed by atoms with Gasteiger partial charge in [-0.15, -0.1) is 0 Å². The Bertz CT molecular complexity index is 658. The van der Waals surface area contributed by atoms with E-state index < -0.39 is 24.5 Å². The van der Waals surface area contributed by atoms with Gasteiger partial charge in [-0.05, 0) is 25.0 Å². The number of rotatable bonds is 7. The SMILES string of the molecule is CN=C(NCCCNc1ccc(C(F)(F)F)cn1)NC1CCN(CC(F)(F)F)C1. The summed E-state index contributed by atoms with van der Waals surface area (Å²) >= 11 is 0. The molecule has 164 valence electrons. The summed E-state index contributed by atoms with van der Waals surface area (Å²) in [5.41, 5.74) is -0.805. The molecule has 0 radical (unpaired) electrons. The van der Waals surface area contributed by atoms with E-state index in [1.54, 1.807) is 7.05 Å². The summed E-state index contributed by atoms with van der Waals surface area (Å²) in [6.07, 6.45) is -6.62. The summed E-state index contributed by atoms with van der Waals surface area (Å²) in [5, 5.41) is 9.09. The maximum Gasteiger partial charge on any atom is 0.417 e. The minimum Gasteiger partial charge on any atom is -0.370 e. The molecule has 2 heterocycles. The monoisotopic (exact) mass is 426 g/mol. The number of pyridine rings is 1. The average molecular weight is 426 g/mol. The minimum absolute atomic E-state index is 0.113. The smallest absolute Gasteiger partial charge is 0.370 e. The Labute approximate surface area is 164 Å². The standard InChI is InChI=1S/C17H24F6N6/c1-24-15(28-13-5-8-29(10-13)11-16(18,19)20)26-7-2-6-25-14-4-3-12(9-27-14)17(21,22)23/h3-4,9,13H,2,5-8,10-11H2,1H3,(H,25,27)(H2,24,26,28). The van der Waals surface area contributed by atoms with E-state index >= 15 is 0 Å². The van der Waals surface area contributed by atoms with E-state index in [2.05, 4.69) is 25.9 Å². The number of halogens is 6. The Balaban J connectivity index is 1.64. The summed E-state index contributed by atoms with van der Waals surface area (Å²) in [4.78, 5) is 9.13. The lowest BCUT2D eigenvalue weighted by Crippen LogP contribution is -2.45. The van der Waals surface area contributed by atoms with E-state index in [9.17, 15) is 26.3 Å². The molecular weight excluding hydrogens is 402 g/mol. The van der Waals surface area contributed by atoms with E-state index in [-0.39, 0.29) is 6.04 Å². The Morgan fingerprint density at radius 3 is 2.55 bits per heavy atom. The van der Waals surface area contributed by atoms with Crippen molar-refractivity contribution in [1.29, 1.82) is 0 Å². The van der Waals surface area contributed by atoms with Crippen LogP contribution in [0.15, 0.2) is 23.3 Å². The largest absolute Gasteiger partial charge is 0.417 e. The fourth-order valence-electron chi connectivity index (χ4n) is 2.91. The number of nitrogens with one attached hydrogen (secondary N) is 3. The highest BCUT2D eigenvalue weighted by molar-refractivity contribution is 5.80. The van der Waals surface area contributed by atoms with Gasteiger partial charge in [-0.1, -0.05) is 0 Å². The molecule has 12 heteroatoms. The van der Waals surface area contributed by atoms with Crippen LogP contribution in [-0.4, -0.2) is 67.8 Å². The van der Waals surface area contributed by atoms with Crippen molar-refractivity contribution in [1.82, 2.24) is 20.5 Å². The second-order valence-corrected chi connectivity index (χ2v) is 6.69. The van der Waals surface area contributed by atoms with Gasteiger partial charge in [-0.3, -0.25) is 9.89 Å². The molecule has 0 saturated carbocycles. The molecule has 6 nitrogen and oxygen atoms in total. The molecule has 1 aromatic rings. The molecule has 29 heavy (non-hydrogen) atoms. The molecule has 0 aromatic carbocycles. The quantitative estimate of drug-likeness (QED) is 0.271. The van der Waals surface area contributed by atoms with Gasteiger partial charge in [-0.2, -0.15) is 26.3 Å². The zero-order valence-electron chi connectivity index (χ0n) is 15.9. The molecule has 2 rings (SSSR count). The second-order valence-electron chi connectivity index (χ2n) is 6.69. The highest BCUT2D eigenvalue weighted by atomic mass is 19.4. The van der Waals surface area contributed by atoms with Crippen LogP contribution in [0.4, 0.5) is 32.2 Å². The Morgan fingerprint density at radius 2 is 1.97 bits per heavy atom. The lowest BCUT2D eigenvalue weighted by molar-refractivity contribution is -0.143. The van der Waals surface area contributed by atoms with Crippen molar-refractivity contribution in [2.45, 2.75) is 31.2 Å². The molecule has 1 fully saturated rings. The third-order valence-electron chi connectivity index (χ3n) is 4.28. The molecule has 0 amide bonds. The molecule has 0 aliphatic carbocycles. The summed E-state index contributed by atoms with van der Waals surface area (Å²) in [7, 11) is 1.57. The lowest BCUT2D eigenvalue weighted by Gasteiger charge is -2.19. The van der Waals surface area contributed by atoms with E-state index in [0.717, 1.165) is 12.3 Å². The second kappa shape index (κ2) is 9.99. The molecule has 1 aromatic heterocycles. The number of aromatic nitrogens is 1. The van der Waals surface area contributed by atoms with Crippen molar-refractivity contribution in [2.75, 3.05) is 45.1 Å². The number of likely N-dealkylation sites (tertiary alicyclic amines) is 1. The van der Waals surface area contributed by atoms with Crippen molar-refractivity contribution in [3.05, 3.63) is 23.9 Å². The fourth-order valence-corrected chi connectivity index (χ4v) is 2.91. The molecule has 1 aliphatic heterocycles. The van der Waals surface area contributed by atoms with Gasteiger partial charge in [0.05, 0.1) is 12.1 Å². The van der Waals surface area contributed by atoms with Crippen LogP contribution in [0.2, 0.25) is 0 Å². The molecule has 1 aliphatic rings. The zero-order valence-corrected chi connectivity index (χ0v) is 15.9. The van der Waals surface area contributed by atoms with Crippen molar-refractivity contribution >= 4 is 11.8 Å². The fraction of sp³-hybridized carbons (Fsp3) is 0.647. The number of hydrogen-bond donors (Lipinski definition) is 3. The van der Waals surface area contributed by atoms with Crippen LogP contribution >= 0.6 is 0 Å². The molecule has 3 N–H and O–H groups in total. The van der Waals surface area contributed by atoms with Crippen LogP contribution in [-0.2, 0) is 6.18 Å². The normalized spacial score (nSPS) is 18.7. The van der Waals surface area contributed by atoms with Crippen LogP contribution < -0.4 is 16.0 Å². The van der Waals surface area contributed by atoms with E-state index in [4.69, 9.17) is 0 Å². The Morgan fingerprint density at radius 1 is 1.21 bits per heavy atom. The van der Waals surface area contributed by atoms with Crippen molar-refractivity contribution in [3.8, 4) is 0 Å².